The van der Waals surface area contributed by atoms with Crippen LogP contribution in [0.1, 0.15) is 22.3 Å². The van der Waals surface area contributed by atoms with Crippen molar-refractivity contribution in [3.63, 3.8) is 0 Å². The molecule has 2 heterocycles. The zero-order valence-corrected chi connectivity index (χ0v) is 14.3. The molecule has 24 heavy (non-hydrogen) atoms. The number of carbonyl (C=O) groups is 2. The highest BCUT2D eigenvalue weighted by Gasteiger charge is 2.28. The molecule has 0 saturated heterocycles. The third kappa shape index (κ3) is 3.20. The molecule has 0 radical (unpaired) electrons. The molecule has 0 aliphatic carbocycles. The Balaban J connectivity index is 1.86. The molecule has 124 valence electrons. The lowest BCUT2D eigenvalue weighted by Gasteiger charge is -2.14. The molecule has 0 N–H and O–H groups in total. The van der Waals surface area contributed by atoms with E-state index in [4.69, 9.17) is 23.2 Å². The van der Waals surface area contributed by atoms with Gasteiger partial charge in [-0.1, -0.05) is 23.7 Å². The predicted octanol–water partition coefficient (Wildman–Crippen LogP) is 2.97. The zero-order chi connectivity index (χ0) is 17.3. The molecule has 0 saturated carbocycles. The molecule has 0 spiro atoms. The van der Waals surface area contributed by atoms with E-state index in [2.05, 4.69) is 14.7 Å². The Labute approximate surface area is 148 Å². The lowest BCUT2D eigenvalue weighted by molar-refractivity contribution is -0.140. The van der Waals surface area contributed by atoms with Gasteiger partial charge >= 0.3 is 5.97 Å². The van der Waals surface area contributed by atoms with Crippen molar-refractivity contribution in [2.75, 3.05) is 13.7 Å². The van der Waals surface area contributed by atoms with E-state index >= 15 is 0 Å². The Morgan fingerprint density at radius 2 is 2.17 bits per heavy atom. The Kier molecular flexibility index (Phi) is 4.69. The molecule has 0 bridgehead atoms. The quantitative estimate of drug-likeness (QED) is 0.615. The van der Waals surface area contributed by atoms with Crippen LogP contribution in [-0.2, 0) is 16.1 Å². The van der Waals surface area contributed by atoms with E-state index in [0.717, 1.165) is 5.56 Å². The molecule has 0 fully saturated rings. The van der Waals surface area contributed by atoms with Crippen molar-refractivity contribution in [1.82, 2.24) is 14.9 Å². The van der Waals surface area contributed by atoms with Crippen molar-refractivity contribution in [1.29, 1.82) is 0 Å². The van der Waals surface area contributed by atoms with Gasteiger partial charge in [0.1, 0.15) is 0 Å². The highest BCUT2D eigenvalue weighted by atomic mass is 35.5. The molecule has 8 heteroatoms. The average molecular weight is 366 g/mol. The third-order valence-corrected chi connectivity index (χ3v) is 4.25. The first-order chi connectivity index (χ1) is 11.5. The number of ether oxygens (including phenoxy) is 1. The number of aromatic nitrogens is 2. The second-order valence-corrected chi connectivity index (χ2v) is 6.01. The minimum absolute atomic E-state index is 0.0842. The summed E-state index contributed by atoms with van der Waals surface area (Å²) in [6, 6.07) is 5.42. The van der Waals surface area contributed by atoms with E-state index in [1.54, 1.807) is 11.0 Å². The molecule has 1 aromatic heterocycles. The minimum Gasteiger partial charge on any atom is -0.469 e. The maximum Gasteiger partial charge on any atom is 0.307 e. The van der Waals surface area contributed by atoms with E-state index in [1.807, 2.05) is 12.1 Å². The molecule has 2 aromatic rings. The number of esters is 1. The first kappa shape index (κ1) is 16.7. The van der Waals surface area contributed by atoms with E-state index in [0.29, 0.717) is 34.9 Å². The van der Waals surface area contributed by atoms with E-state index in [9.17, 15) is 9.59 Å². The summed E-state index contributed by atoms with van der Waals surface area (Å²) in [5.41, 5.74) is 2.62. The van der Waals surface area contributed by atoms with Gasteiger partial charge in [-0.2, -0.15) is 0 Å². The molecule has 1 aliphatic rings. The van der Waals surface area contributed by atoms with Crippen LogP contribution in [0.2, 0.25) is 10.3 Å². The summed E-state index contributed by atoms with van der Waals surface area (Å²) in [4.78, 5) is 33.3. The Morgan fingerprint density at radius 3 is 2.92 bits per heavy atom. The summed E-state index contributed by atoms with van der Waals surface area (Å²) >= 11 is 11.9. The smallest absolute Gasteiger partial charge is 0.307 e. The zero-order valence-electron chi connectivity index (χ0n) is 12.8. The summed E-state index contributed by atoms with van der Waals surface area (Å²) in [6.07, 6.45) is 1.58. The van der Waals surface area contributed by atoms with Crippen molar-refractivity contribution in [2.45, 2.75) is 13.0 Å². The first-order valence-electron chi connectivity index (χ1n) is 7.17. The highest BCUT2D eigenvalue weighted by Crippen LogP contribution is 2.31. The van der Waals surface area contributed by atoms with Crippen LogP contribution < -0.4 is 0 Å². The number of rotatable bonds is 4. The SMILES string of the molecule is COC(=O)CCN1Cc2ccc(-c3nc(Cl)ncc3Cl)cc2C1=O. The second kappa shape index (κ2) is 6.75. The van der Waals surface area contributed by atoms with E-state index in [1.165, 1.54) is 13.3 Å². The number of nitrogens with zero attached hydrogens (tertiary/aromatic N) is 3. The van der Waals surface area contributed by atoms with Gasteiger partial charge in [0.05, 0.1) is 30.4 Å². The molecular weight excluding hydrogens is 353 g/mol. The van der Waals surface area contributed by atoms with Crippen molar-refractivity contribution in [3.8, 4) is 11.3 Å². The Hall–Kier alpha value is -2.18. The number of amides is 1. The van der Waals surface area contributed by atoms with Gasteiger partial charge in [-0.15, -0.1) is 0 Å². The van der Waals surface area contributed by atoms with Crippen LogP contribution in [0, 0.1) is 0 Å². The Bertz CT molecular complexity index is 826. The van der Waals surface area contributed by atoms with Gasteiger partial charge in [0, 0.05) is 24.2 Å². The van der Waals surface area contributed by atoms with Crippen LogP contribution in [0.15, 0.2) is 24.4 Å². The van der Waals surface area contributed by atoms with Gasteiger partial charge in [0.15, 0.2) is 0 Å². The third-order valence-electron chi connectivity index (χ3n) is 3.79. The fourth-order valence-corrected chi connectivity index (χ4v) is 2.90. The van der Waals surface area contributed by atoms with Crippen molar-refractivity contribution in [2.24, 2.45) is 0 Å². The lowest BCUT2D eigenvalue weighted by atomic mass is 10.0. The number of benzene rings is 1. The average Bonchev–Trinajstić information content (AvgIpc) is 2.90. The highest BCUT2D eigenvalue weighted by molar-refractivity contribution is 6.33. The number of methoxy groups -OCH3 is 1. The first-order valence-corrected chi connectivity index (χ1v) is 7.92. The monoisotopic (exact) mass is 365 g/mol. The lowest BCUT2D eigenvalue weighted by Crippen LogP contribution is -2.26. The molecule has 3 rings (SSSR count). The summed E-state index contributed by atoms with van der Waals surface area (Å²) in [5.74, 6) is -0.478. The predicted molar refractivity (Wildman–Crippen MR) is 88.9 cm³/mol. The van der Waals surface area contributed by atoms with Crippen molar-refractivity contribution in [3.05, 3.63) is 45.8 Å². The second-order valence-electron chi connectivity index (χ2n) is 5.26. The standard InChI is InChI=1S/C16H13Cl2N3O3/c1-24-13(22)4-5-21-8-10-3-2-9(6-11(10)15(21)23)14-12(17)7-19-16(18)20-14/h2-3,6-7H,4-5,8H2,1H3. The van der Waals surface area contributed by atoms with Crippen molar-refractivity contribution < 1.29 is 14.3 Å². The van der Waals surface area contributed by atoms with E-state index < -0.39 is 0 Å². The summed E-state index contributed by atoms with van der Waals surface area (Å²) in [7, 11) is 1.33. The maximum absolute atomic E-state index is 12.5. The van der Waals surface area contributed by atoms with Crippen LogP contribution in [0.4, 0.5) is 0 Å². The van der Waals surface area contributed by atoms with Gasteiger partial charge in [-0.3, -0.25) is 9.59 Å². The summed E-state index contributed by atoms with van der Waals surface area (Å²) < 4.78 is 4.61. The number of carbonyl (C=O) groups excluding carboxylic acids is 2. The largest absolute Gasteiger partial charge is 0.469 e. The van der Waals surface area contributed by atoms with Crippen LogP contribution in [-0.4, -0.2) is 40.4 Å². The van der Waals surface area contributed by atoms with Gasteiger partial charge in [0.25, 0.3) is 5.91 Å². The molecule has 1 aromatic carbocycles. The van der Waals surface area contributed by atoms with Gasteiger partial charge in [0.2, 0.25) is 5.28 Å². The molecule has 0 atom stereocenters. The molecule has 0 unspecified atom stereocenters. The van der Waals surface area contributed by atoms with Crippen LogP contribution in [0.3, 0.4) is 0 Å². The fraction of sp³-hybridized carbons (Fsp3) is 0.250. The molecular formula is C16H13Cl2N3O3. The fourth-order valence-electron chi connectivity index (χ4n) is 2.57. The maximum atomic E-state index is 12.5. The number of halogens is 2. The normalized spacial score (nSPS) is 13.1. The summed E-state index contributed by atoms with van der Waals surface area (Å²) in [5, 5.41) is 0.438. The van der Waals surface area contributed by atoms with Crippen LogP contribution in [0.25, 0.3) is 11.3 Å². The Morgan fingerprint density at radius 1 is 1.38 bits per heavy atom. The van der Waals surface area contributed by atoms with E-state index in [-0.39, 0.29) is 23.6 Å². The topological polar surface area (TPSA) is 72.4 Å². The number of hydrogen-bond acceptors (Lipinski definition) is 5. The molecule has 1 amide bonds. The summed E-state index contributed by atoms with van der Waals surface area (Å²) in [6.45, 7) is 0.777. The van der Waals surface area contributed by atoms with Gasteiger partial charge < -0.3 is 9.64 Å². The number of fused-ring (bicyclic) bond motifs is 1. The molecule has 1 aliphatic heterocycles. The van der Waals surface area contributed by atoms with Gasteiger partial charge in [-0.25, -0.2) is 9.97 Å². The van der Waals surface area contributed by atoms with Crippen LogP contribution in [0.5, 0.6) is 0 Å². The van der Waals surface area contributed by atoms with Crippen LogP contribution >= 0.6 is 23.2 Å². The van der Waals surface area contributed by atoms with Gasteiger partial charge in [-0.05, 0) is 23.2 Å². The number of hydrogen-bond donors (Lipinski definition) is 0. The molecule has 6 nitrogen and oxygen atoms in total. The minimum atomic E-state index is -0.346. The van der Waals surface area contributed by atoms with Crippen molar-refractivity contribution >= 4 is 35.1 Å².